The number of carbonyl (C=O) groups excluding carboxylic acids is 1. The molecule has 3 rings (SSSR count). The molecule has 0 radical (unpaired) electrons. The van der Waals surface area contributed by atoms with Crippen LogP contribution in [0.15, 0.2) is 59.8 Å². The first-order chi connectivity index (χ1) is 11.6. The van der Waals surface area contributed by atoms with Crippen molar-refractivity contribution in [3.63, 3.8) is 0 Å². The van der Waals surface area contributed by atoms with Gasteiger partial charge >= 0.3 is 0 Å². The Bertz CT molecular complexity index is 864. The summed E-state index contributed by atoms with van der Waals surface area (Å²) in [6, 6.07) is 15.2. The smallest absolute Gasteiger partial charge is 0.273 e. The van der Waals surface area contributed by atoms with Crippen LogP contribution in [0.1, 0.15) is 29.8 Å². The number of fused-ring (bicyclic) bond motifs is 1. The first-order valence-electron chi connectivity index (χ1n) is 7.80. The summed E-state index contributed by atoms with van der Waals surface area (Å²) < 4.78 is 5.58. The third kappa shape index (κ3) is 3.63. The van der Waals surface area contributed by atoms with Gasteiger partial charge in [-0.3, -0.25) is 4.79 Å². The number of ether oxygens (including phenoxy) is 1. The van der Waals surface area contributed by atoms with E-state index in [-0.39, 0.29) is 12.0 Å². The van der Waals surface area contributed by atoms with Gasteiger partial charge < -0.3 is 9.72 Å². The molecule has 0 spiro atoms. The topological polar surface area (TPSA) is 66.5 Å². The van der Waals surface area contributed by atoms with Gasteiger partial charge in [0.25, 0.3) is 5.91 Å². The molecule has 1 aromatic heterocycles. The van der Waals surface area contributed by atoms with E-state index in [1.807, 2.05) is 62.4 Å². The van der Waals surface area contributed by atoms with Gasteiger partial charge in [-0.05, 0) is 49.7 Å². The van der Waals surface area contributed by atoms with Crippen LogP contribution >= 0.6 is 0 Å². The van der Waals surface area contributed by atoms with Crippen LogP contribution < -0.4 is 10.2 Å². The predicted octanol–water partition coefficient (Wildman–Crippen LogP) is 3.72. The molecule has 0 unspecified atom stereocenters. The molecule has 0 aliphatic rings. The summed E-state index contributed by atoms with van der Waals surface area (Å²) in [4.78, 5) is 15.3. The number of nitrogens with one attached hydrogen (secondary N) is 2. The van der Waals surface area contributed by atoms with Gasteiger partial charge in [-0.25, -0.2) is 5.43 Å². The van der Waals surface area contributed by atoms with Crippen molar-refractivity contribution in [3.05, 3.63) is 65.9 Å². The van der Waals surface area contributed by atoms with E-state index in [4.69, 9.17) is 4.74 Å². The van der Waals surface area contributed by atoms with Crippen molar-refractivity contribution in [2.45, 2.75) is 20.0 Å². The van der Waals surface area contributed by atoms with E-state index in [0.29, 0.717) is 5.56 Å². The summed E-state index contributed by atoms with van der Waals surface area (Å²) in [5.41, 5.74) is 4.93. The van der Waals surface area contributed by atoms with Gasteiger partial charge in [-0.2, -0.15) is 5.10 Å². The Morgan fingerprint density at radius 3 is 2.67 bits per heavy atom. The van der Waals surface area contributed by atoms with E-state index in [1.54, 1.807) is 12.4 Å². The van der Waals surface area contributed by atoms with Crippen LogP contribution in [0.3, 0.4) is 0 Å². The van der Waals surface area contributed by atoms with Crippen molar-refractivity contribution in [1.29, 1.82) is 0 Å². The summed E-state index contributed by atoms with van der Waals surface area (Å²) in [6.07, 6.45) is 3.43. The molecule has 1 heterocycles. The maximum atomic E-state index is 12.2. The fourth-order valence-corrected chi connectivity index (χ4v) is 2.39. The lowest BCUT2D eigenvalue weighted by atomic mass is 10.2. The molecule has 5 heteroatoms. The van der Waals surface area contributed by atoms with Gasteiger partial charge in [-0.1, -0.05) is 18.2 Å². The fraction of sp³-hybridized carbons (Fsp3) is 0.158. The molecule has 0 atom stereocenters. The number of aromatic amines is 1. The lowest BCUT2D eigenvalue weighted by molar-refractivity contribution is 0.0957. The highest BCUT2D eigenvalue weighted by Crippen LogP contribution is 2.17. The van der Waals surface area contributed by atoms with Crippen molar-refractivity contribution in [1.82, 2.24) is 10.4 Å². The maximum absolute atomic E-state index is 12.2. The number of benzene rings is 2. The van der Waals surface area contributed by atoms with E-state index in [0.717, 1.165) is 22.2 Å². The minimum atomic E-state index is -0.247. The molecule has 24 heavy (non-hydrogen) atoms. The molecule has 2 aromatic carbocycles. The second-order valence-electron chi connectivity index (χ2n) is 5.68. The summed E-state index contributed by atoms with van der Waals surface area (Å²) in [5, 5.41) is 4.89. The zero-order valence-electron chi connectivity index (χ0n) is 13.6. The highest BCUT2D eigenvalue weighted by atomic mass is 16.5. The monoisotopic (exact) mass is 321 g/mol. The second kappa shape index (κ2) is 7.00. The standard InChI is InChI=1S/C19H19N3O2/c1-13(2)24-15-9-7-14(8-10-15)11-21-22-19(23)17-12-20-18-6-4-3-5-16(17)18/h3-13,20H,1-2H3,(H,22,23). The number of para-hydroxylation sites is 1. The first kappa shape index (κ1) is 15.8. The van der Waals surface area contributed by atoms with Crippen LogP contribution in [-0.4, -0.2) is 23.2 Å². The van der Waals surface area contributed by atoms with Gasteiger partial charge in [0.05, 0.1) is 17.9 Å². The highest BCUT2D eigenvalue weighted by molar-refractivity contribution is 6.06. The first-order valence-corrected chi connectivity index (χ1v) is 7.80. The lowest BCUT2D eigenvalue weighted by Gasteiger charge is -2.09. The van der Waals surface area contributed by atoms with Gasteiger partial charge in [-0.15, -0.1) is 0 Å². The largest absolute Gasteiger partial charge is 0.491 e. The number of hydrogen-bond donors (Lipinski definition) is 2. The summed E-state index contributed by atoms with van der Waals surface area (Å²) in [6.45, 7) is 3.96. The van der Waals surface area contributed by atoms with E-state index in [2.05, 4.69) is 15.5 Å². The molecule has 1 amide bonds. The molecule has 0 aliphatic heterocycles. The van der Waals surface area contributed by atoms with Gasteiger partial charge in [0.2, 0.25) is 0 Å². The van der Waals surface area contributed by atoms with Crippen LogP contribution in [0, 0.1) is 0 Å². The van der Waals surface area contributed by atoms with Crippen molar-refractivity contribution in [2.75, 3.05) is 0 Å². The number of hydrogen-bond acceptors (Lipinski definition) is 3. The molecule has 5 nitrogen and oxygen atoms in total. The van der Waals surface area contributed by atoms with E-state index in [1.165, 1.54) is 0 Å². The zero-order valence-corrected chi connectivity index (χ0v) is 13.6. The molecular formula is C19H19N3O2. The Morgan fingerprint density at radius 2 is 1.92 bits per heavy atom. The molecule has 0 saturated heterocycles. The Labute approximate surface area is 140 Å². The fourth-order valence-electron chi connectivity index (χ4n) is 2.39. The number of hydrazone groups is 1. The average molecular weight is 321 g/mol. The summed E-state index contributed by atoms with van der Waals surface area (Å²) in [5.74, 6) is 0.563. The molecule has 0 saturated carbocycles. The molecule has 2 N–H and O–H groups in total. The van der Waals surface area contributed by atoms with Crippen molar-refractivity contribution < 1.29 is 9.53 Å². The van der Waals surface area contributed by atoms with Gasteiger partial charge in [0.15, 0.2) is 0 Å². The normalized spacial score (nSPS) is 11.3. The number of carbonyl (C=O) groups is 1. The van der Waals surface area contributed by atoms with Crippen LogP contribution in [0.5, 0.6) is 5.75 Å². The predicted molar refractivity (Wildman–Crippen MR) is 95.6 cm³/mol. The molecule has 3 aromatic rings. The Balaban J connectivity index is 1.64. The van der Waals surface area contributed by atoms with Crippen LogP contribution in [-0.2, 0) is 0 Å². The summed E-state index contributed by atoms with van der Waals surface area (Å²) >= 11 is 0. The minimum Gasteiger partial charge on any atom is -0.491 e. The Kier molecular flexibility index (Phi) is 4.61. The third-order valence-corrected chi connectivity index (χ3v) is 3.47. The van der Waals surface area contributed by atoms with E-state index in [9.17, 15) is 4.79 Å². The van der Waals surface area contributed by atoms with Crippen molar-refractivity contribution in [3.8, 4) is 5.75 Å². The van der Waals surface area contributed by atoms with Crippen LogP contribution in [0.2, 0.25) is 0 Å². The van der Waals surface area contributed by atoms with Gasteiger partial charge in [0.1, 0.15) is 5.75 Å². The summed E-state index contributed by atoms with van der Waals surface area (Å²) in [7, 11) is 0. The average Bonchev–Trinajstić information content (AvgIpc) is 3.00. The zero-order chi connectivity index (χ0) is 16.9. The molecule has 0 aliphatic carbocycles. The van der Waals surface area contributed by atoms with Crippen LogP contribution in [0.25, 0.3) is 10.9 Å². The SMILES string of the molecule is CC(C)Oc1ccc(C=NNC(=O)c2c[nH]c3ccccc23)cc1. The minimum absolute atomic E-state index is 0.139. The lowest BCUT2D eigenvalue weighted by Crippen LogP contribution is -2.17. The van der Waals surface area contributed by atoms with Crippen molar-refractivity contribution >= 4 is 23.0 Å². The molecule has 122 valence electrons. The number of rotatable bonds is 5. The Morgan fingerprint density at radius 1 is 1.17 bits per heavy atom. The van der Waals surface area contributed by atoms with Crippen molar-refractivity contribution in [2.24, 2.45) is 5.10 Å². The second-order valence-corrected chi connectivity index (χ2v) is 5.68. The highest BCUT2D eigenvalue weighted by Gasteiger charge is 2.10. The number of nitrogens with zero attached hydrogens (tertiary/aromatic N) is 1. The van der Waals surface area contributed by atoms with E-state index >= 15 is 0 Å². The third-order valence-electron chi connectivity index (χ3n) is 3.47. The van der Waals surface area contributed by atoms with Gasteiger partial charge in [0, 0.05) is 17.1 Å². The number of aromatic nitrogens is 1. The maximum Gasteiger partial charge on any atom is 0.273 e. The Hall–Kier alpha value is -3.08. The molecule has 0 fully saturated rings. The van der Waals surface area contributed by atoms with E-state index < -0.39 is 0 Å². The molecular weight excluding hydrogens is 302 g/mol. The number of amides is 1. The van der Waals surface area contributed by atoms with Crippen LogP contribution in [0.4, 0.5) is 0 Å². The molecule has 0 bridgehead atoms. The quantitative estimate of drug-likeness (QED) is 0.555. The number of H-pyrrole nitrogens is 1.